The number of carbonyl (C=O) groups excluding carboxylic acids is 1. The number of hydrogen-bond acceptors (Lipinski definition) is 7. The lowest BCUT2D eigenvalue weighted by atomic mass is 10.1. The van der Waals surface area contributed by atoms with E-state index in [0.29, 0.717) is 5.56 Å². The Morgan fingerprint density at radius 2 is 2.12 bits per heavy atom. The minimum Gasteiger partial charge on any atom is -0.497 e. The van der Waals surface area contributed by atoms with Gasteiger partial charge >= 0.3 is 5.97 Å². The number of thiazole rings is 1. The van der Waals surface area contributed by atoms with Gasteiger partial charge in [-0.1, -0.05) is 11.3 Å². The number of hydrogen-bond donors (Lipinski definition) is 1. The summed E-state index contributed by atoms with van der Waals surface area (Å²) in [7, 11) is 3.08. The smallest absolute Gasteiger partial charge is 0.341 e. The van der Waals surface area contributed by atoms with Crippen molar-refractivity contribution in [1.82, 2.24) is 4.98 Å². The van der Waals surface area contributed by atoms with Gasteiger partial charge < -0.3 is 14.8 Å². The van der Waals surface area contributed by atoms with Gasteiger partial charge in [0.15, 0.2) is 5.13 Å². The molecule has 2 aromatic heterocycles. The lowest BCUT2D eigenvalue weighted by Crippen LogP contribution is -2.05. The van der Waals surface area contributed by atoms with Crippen LogP contribution in [0.4, 0.5) is 10.1 Å². The second-order valence-corrected chi connectivity index (χ2v) is 7.67. The van der Waals surface area contributed by atoms with E-state index in [1.165, 1.54) is 12.0 Å². The SMILES string of the molecule is COC(=O)c1c(Nc2nc3ccc(OC)cc3s2)sc2c1CCC2. The fourth-order valence-electron chi connectivity index (χ4n) is 2.99. The molecule has 0 bridgehead atoms. The van der Waals surface area contributed by atoms with Gasteiger partial charge in [0.25, 0.3) is 0 Å². The summed E-state index contributed by atoms with van der Waals surface area (Å²) in [6, 6.07) is 5.80. The summed E-state index contributed by atoms with van der Waals surface area (Å²) in [5.41, 5.74) is 2.72. The van der Waals surface area contributed by atoms with Gasteiger partial charge in [-0.15, -0.1) is 11.3 Å². The van der Waals surface area contributed by atoms with E-state index in [-0.39, 0.29) is 5.97 Å². The molecule has 0 spiro atoms. The molecule has 1 N–H and O–H groups in total. The number of aryl methyl sites for hydroxylation is 1. The summed E-state index contributed by atoms with van der Waals surface area (Å²) in [5, 5.41) is 4.93. The van der Waals surface area contributed by atoms with Crippen molar-refractivity contribution in [2.45, 2.75) is 19.3 Å². The van der Waals surface area contributed by atoms with Crippen molar-refractivity contribution in [2.75, 3.05) is 19.5 Å². The molecule has 0 saturated carbocycles. The Labute approximate surface area is 147 Å². The van der Waals surface area contributed by atoms with Crippen molar-refractivity contribution in [3.05, 3.63) is 34.2 Å². The number of esters is 1. The normalized spacial score (nSPS) is 13.1. The van der Waals surface area contributed by atoms with Gasteiger partial charge in [-0.05, 0) is 43.0 Å². The van der Waals surface area contributed by atoms with E-state index in [1.54, 1.807) is 29.8 Å². The van der Waals surface area contributed by atoms with Crippen LogP contribution in [0, 0.1) is 0 Å². The van der Waals surface area contributed by atoms with Gasteiger partial charge in [0.1, 0.15) is 10.8 Å². The summed E-state index contributed by atoms with van der Waals surface area (Å²) < 4.78 is 11.3. The van der Waals surface area contributed by atoms with E-state index < -0.39 is 0 Å². The Morgan fingerprint density at radius 1 is 1.25 bits per heavy atom. The molecule has 1 aliphatic rings. The zero-order chi connectivity index (χ0) is 16.7. The van der Waals surface area contributed by atoms with Crippen LogP contribution in [0.25, 0.3) is 10.2 Å². The van der Waals surface area contributed by atoms with Crippen molar-refractivity contribution in [1.29, 1.82) is 0 Å². The van der Waals surface area contributed by atoms with Gasteiger partial charge in [0.05, 0.1) is 30.0 Å². The second kappa shape index (κ2) is 6.07. The molecule has 0 unspecified atom stereocenters. The lowest BCUT2D eigenvalue weighted by Gasteiger charge is -2.05. The van der Waals surface area contributed by atoms with Crippen molar-refractivity contribution in [2.24, 2.45) is 0 Å². The molecule has 4 rings (SSSR count). The molecule has 0 atom stereocenters. The average Bonchev–Trinajstić information content (AvgIpc) is 3.27. The Bertz CT molecular complexity index is 929. The summed E-state index contributed by atoms with van der Waals surface area (Å²) in [6.07, 6.45) is 3.07. The first-order valence-electron chi connectivity index (χ1n) is 7.64. The zero-order valence-electron chi connectivity index (χ0n) is 13.3. The molecule has 7 heteroatoms. The molecule has 0 amide bonds. The maximum absolute atomic E-state index is 12.2. The van der Waals surface area contributed by atoms with Crippen molar-refractivity contribution < 1.29 is 14.3 Å². The first kappa shape index (κ1) is 15.4. The summed E-state index contributed by atoms with van der Waals surface area (Å²) >= 11 is 3.18. The predicted octanol–water partition coefficient (Wildman–Crippen LogP) is 4.39. The summed E-state index contributed by atoms with van der Waals surface area (Å²) in [4.78, 5) is 18.1. The predicted molar refractivity (Wildman–Crippen MR) is 97.1 cm³/mol. The molecule has 2 heterocycles. The molecule has 1 aliphatic carbocycles. The largest absolute Gasteiger partial charge is 0.497 e. The van der Waals surface area contributed by atoms with Gasteiger partial charge in [0.2, 0.25) is 0 Å². The first-order valence-corrected chi connectivity index (χ1v) is 9.27. The monoisotopic (exact) mass is 360 g/mol. The fraction of sp³-hybridized carbons (Fsp3) is 0.294. The molecule has 0 saturated heterocycles. The standard InChI is InChI=1S/C17H16N2O3S2/c1-21-9-6-7-11-13(8-9)24-17(18-11)19-15-14(16(20)22-2)10-4-3-5-12(10)23-15/h6-8H,3-5H2,1-2H3,(H,18,19). The second-order valence-electron chi connectivity index (χ2n) is 5.53. The average molecular weight is 360 g/mol. The van der Waals surface area contributed by atoms with Crippen LogP contribution in [0.5, 0.6) is 5.75 Å². The van der Waals surface area contributed by atoms with Crippen LogP contribution in [-0.2, 0) is 17.6 Å². The van der Waals surface area contributed by atoms with Gasteiger partial charge in [0, 0.05) is 4.88 Å². The number of nitrogens with zero attached hydrogens (tertiary/aromatic N) is 1. The highest BCUT2D eigenvalue weighted by Crippen LogP contribution is 2.41. The minimum absolute atomic E-state index is 0.278. The number of thiophene rings is 1. The van der Waals surface area contributed by atoms with Crippen LogP contribution in [0.15, 0.2) is 18.2 Å². The van der Waals surface area contributed by atoms with Gasteiger partial charge in [-0.2, -0.15) is 0 Å². The highest BCUT2D eigenvalue weighted by Gasteiger charge is 2.27. The van der Waals surface area contributed by atoms with Crippen molar-refractivity contribution >= 4 is 49.0 Å². The number of rotatable bonds is 4. The molecular weight excluding hydrogens is 344 g/mol. The van der Waals surface area contributed by atoms with Gasteiger partial charge in [-0.25, -0.2) is 9.78 Å². The van der Waals surface area contributed by atoms with Gasteiger partial charge in [-0.3, -0.25) is 0 Å². The number of benzene rings is 1. The molecular formula is C17H16N2O3S2. The number of nitrogens with one attached hydrogen (secondary N) is 1. The number of carbonyl (C=O) groups is 1. The number of methoxy groups -OCH3 is 2. The highest BCUT2D eigenvalue weighted by atomic mass is 32.1. The topological polar surface area (TPSA) is 60.5 Å². The minimum atomic E-state index is -0.278. The molecule has 0 fully saturated rings. The highest BCUT2D eigenvalue weighted by molar-refractivity contribution is 7.23. The fourth-order valence-corrected chi connectivity index (χ4v) is 5.23. The molecule has 3 aromatic rings. The van der Waals surface area contributed by atoms with E-state index in [9.17, 15) is 4.79 Å². The van der Waals surface area contributed by atoms with Crippen LogP contribution < -0.4 is 10.1 Å². The Morgan fingerprint density at radius 3 is 2.92 bits per heavy atom. The molecule has 24 heavy (non-hydrogen) atoms. The first-order chi connectivity index (χ1) is 11.7. The maximum Gasteiger partial charge on any atom is 0.341 e. The van der Waals surface area contributed by atoms with Crippen molar-refractivity contribution in [3.8, 4) is 5.75 Å². The van der Waals surface area contributed by atoms with E-state index in [0.717, 1.165) is 50.9 Å². The summed E-state index contributed by atoms with van der Waals surface area (Å²) in [6.45, 7) is 0. The lowest BCUT2D eigenvalue weighted by molar-refractivity contribution is 0.0601. The molecule has 5 nitrogen and oxygen atoms in total. The van der Waals surface area contributed by atoms with Crippen LogP contribution in [0.3, 0.4) is 0 Å². The number of anilines is 2. The van der Waals surface area contributed by atoms with Crippen LogP contribution >= 0.6 is 22.7 Å². The van der Waals surface area contributed by atoms with Crippen molar-refractivity contribution in [3.63, 3.8) is 0 Å². The third kappa shape index (κ3) is 2.53. The number of aromatic nitrogens is 1. The number of fused-ring (bicyclic) bond motifs is 2. The quantitative estimate of drug-likeness (QED) is 0.700. The number of ether oxygens (including phenoxy) is 2. The van der Waals surface area contributed by atoms with Crippen LogP contribution in [0.1, 0.15) is 27.2 Å². The Kier molecular flexibility index (Phi) is 3.90. The molecule has 0 aliphatic heterocycles. The third-order valence-electron chi connectivity index (χ3n) is 4.13. The summed E-state index contributed by atoms with van der Waals surface area (Å²) in [5.74, 6) is 0.530. The maximum atomic E-state index is 12.2. The van der Waals surface area contributed by atoms with Crippen LogP contribution in [0.2, 0.25) is 0 Å². The Balaban J connectivity index is 1.72. The molecule has 0 radical (unpaired) electrons. The van der Waals surface area contributed by atoms with E-state index >= 15 is 0 Å². The van der Waals surface area contributed by atoms with E-state index in [4.69, 9.17) is 9.47 Å². The van der Waals surface area contributed by atoms with E-state index in [1.807, 2.05) is 18.2 Å². The molecule has 1 aromatic carbocycles. The van der Waals surface area contributed by atoms with Crippen LogP contribution in [-0.4, -0.2) is 25.2 Å². The van der Waals surface area contributed by atoms with E-state index in [2.05, 4.69) is 10.3 Å². The third-order valence-corrected chi connectivity index (χ3v) is 6.27. The molecule has 124 valence electrons. The Hall–Kier alpha value is -2.12. The zero-order valence-corrected chi connectivity index (χ0v) is 15.0.